The molecule has 2 aliphatic rings. The van der Waals surface area contributed by atoms with Crippen LogP contribution in [-0.2, 0) is 28.4 Å². The van der Waals surface area contributed by atoms with Crippen LogP contribution in [0.5, 0.6) is 0 Å². The number of aryl methyl sites for hydroxylation is 1. The molecule has 2 amide bonds. The van der Waals surface area contributed by atoms with Crippen molar-refractivity contribution in [1.82, 2.24) is 4.98 Å². The highest BCUT2D eigenvalue weighted by molar-refractivity contribution is 7.93. The number of rotatable bonds is 4. The number of pyridine rings is 1. The summed E-state index contributed by atoms with van der Waals surface area (Å²) in [6, 6.07) is 0.831. The van der Waals surface area contributed by atoms with Crippen LogP contribution in [0.15, 0.2) is 20.0 Å². The predicted octanol–water partition coefficient (Wildman–Crippen LogP) is 4.37. The number of amides is 2. The maximum atomic E-state index is 12.9. The topological polar surface area (TPSA) is 118 Å². The second-order valence-electron chi connectivity index (χ2n) is 8.71. The third-order valence-corrected chi connectivity index (χ3v) is 8.88. The zero-order valence-corrected chi connectivity index (χ0v) is 19.2. The molecule has 4 N–H and O–H groups in total. The Morgan fingerprint density at radius 2 is 2.10 bits per heavy atom. The molecule has 2 aromatic rings. The van der Waals surface area contributed by atoms with Gasteiger partial charge in [-0.25, -0.2) is 14.1 Å². The molecular formula is C21H28N4O3S2. The van der Waals surface area contributed by atoms with E-state index in [-0.39, 0.29) is 4.21 Å². The lowest BCUT2D eigenvalue weighted by Gasteiger charge is -2.28. The molecule has 2 heterocycles. The first-order valence-corrected chi connectivity index (χ1v) is 12.7. The van der Waals surface area contributed by atoms with Crippen LogP contribution in [-0.4, -0.2) is 20.3 Å². The van der Waals surface area contributed by atoms with Crippen molar-refractivity contribution in [3.63, 3.8) is 0 Å². The van der Waals surface area contributed by atoms with E-state index in [0.29, 0.717) is 11.5 Å². The molecule has 0 spiro atoms. The van der Waals surface area contributed by atoms with Gasteiger partial charge in [0.15, 0.2) is 9.92 Å². The van der Waals surface area contributed by atoms with Crippen molar-refractivity contribution in [2.24, 2.45) is 9.50 Å². The number of nitrogens with zero attached hydrogens (tertiary/aromatic N) is 2. The van der Waals surface area contributed by atoms with Crippen LogP contribution >= 0.6 is 11.3 Å². The van der Waals surface area contributed by atoms with Crippen molar-refractivity contribution in [1.29, 1.82) is 0 Å². The van der Waals surface area contributed by atoms with Gasteiger partial charge in [0.2, 0.25) is 0 Å². The molecule has 0 saturated heterocycles. The highest BCUT2D eigenvalue weighted by Gasteiger charge is 2.29. The first-order chi connectivity index (χ1) is 14.1. The summed E-state index contributed by atoms with van der Waals surface area (Å²) in [6.07, 6.45) is 6.26. The third-order valence-electron chi connectivity index (χ3n) is 6.02. The number of carbonyl (C=O) groups excluding carboxylic acids is 1. The zero-order chi connectivity index (χ0) is 21.7. The summed E-state index contributed by atoms with van der Waals surface area (Å²) in [5.74, 6) is 0.452. The summed E-state index contributed by atoms with van der Waals surface area (Å²) in [4.78, 5) is 17.6. The molecule has 2 aliphatic carbocycles. The van der Waals surface area contributed by atoms with Gasteiger partial charge >= 0.3 is 6.03 Å². The normalized spacial score (nSPS) is 18.4. The molecule has 9 heteroatoms. The number of hydrogen-bond acceptors (Lipinski definition) is 5. The lowest BCUT2D eigenvalue weighted by atomic mass is 9.80. The highest BCUT2D eigenvalue weighted by atomic mass is 32.2. The molecular weight excluding hydrogens is 420 g/mol. The predicted molar refractivity (Wildman–Crippen MR) is 119 cm³/mol. The Labute approximate surface area is 181 Å². The zero-order valence-electron chi connectivity index (χ0n) is 17.5. The van der Waals surface area contributed by atoms with E-state index < -0.39 is 21.5 Å². The number of aromatic nitrogens is 1. The first-order valence-electron chi connectivity index (χ1n) is 10.3. The number of hydrogen-bond donors (Lipinski definition) is 3. The number of thiophene rings is 1. The van der Waals surface area contributed by atoms with Crippen molar-refractivity contribution >= 4 is 33.0 Å². The Balaban J connectivity index is 1.65. The average Bonchev–Trinajstić information content (AvgIpc) is 3.25. The van der Waals surface area contributed by atoms with Crippen LogP contribution in [0.25, 0.3) is 0 Å². The fraction of sp³-hybridized carbons (Fsp3) is 0.524. The number of nitrogens with one attached hydrogen (secondary N) is 1. The lowest BCUT2D eigenvalue weighted by molar-refractivity contribution is 0.0789. The summed E-state index contributed by atoms with van der Waals surface area (Å²) in [5, 5.41) is 20.6. The first kappa shape index (κ1) is 21.4. The van der Waals surface area contributed by atoms with Gasteiger partial charge in [-0.15, -0.1) is 15.7 Å². The molecule has 0 bridgehead atoms. The Morgan fingerprint density at radius 1 is 1.37 bits per heavy atom. The molecule has 1 unspecified atom stereocenters. The quantitative estimate of drug-likeness (QED) is 0.644. The van der Waals surface area contributed by atoms with Crippen LogP contribution in [0, 0.1) is 6.92 Å². The standard InChI is InChI=1S/C21H28N4O3S2/c1-12-18(13-6-4-7-13)23-16-9-5-8-15(16)19(12)24-20(26)25-30(22,28)17-10-14(11-29-17)21(2,3)27/h10-11,13,27H,4-9H2,1-3H3,(H3,22,23,24,25,26,28). The van der Waals surface area contributed by atoms with E-state index >= 15 is 0 Å². The molecule has 0 aliphatic heterocycles. The SMILES string of the molecule is Cc1c(C2CCC2)nc2c(c1NC(=O)N=S(N)(=O)c1cc(C(C)(C)O)cs1)CCC2. The minimum absolute atomic E-state index is 0.265. The van der Waals surface area contributed by atoms with Crippen molar-refractivity contribution in [2.75, 3.05) is 5.32 Å². The van der Waals surface area contributed by atoms with Gasteiger partial charge in [-0.05, 0) is 81.0 Å². The maximum Gasteiger partial charge on any atom is 0.354 e. The van der Waals surface area contributed by atoms with E-state index in [1.165, 1.54) is 6.42 Å². The summed E-state index contributed by atoms with van der Waals surface area (Å²) in [7, 11) is -3.41. The van der Waals surface area contributed by atoms with E-state index in [1.807, 2.05) is 6.92 Å². The Morgan fingerprint density at radius 3 is 2.70 bits per heavy atom. The Hall–Kier alpha value is -1.81. The second-order valence-corrected chi connectivity index (χ2v) is 11.6. The van der Waals surface area contributed by atoms with E-state index in [2.05, 4.69) is 9.68 Å². The molecule has 30 heavy (non-hydrogen) atoms. The minimum atomic E-state index is -3.41. The average molecular weight is 449 g/mol. The van der Waals surface area contributed by atoms with Crippen molar-refractivity contribution in [3.05, 3.63) is 39.5 Å². The molecule has 7 nitrogen and oxygen atoms in total. The fourth-order valence-corrected chi connectivity index (χ4v) is 6.32. The molecule has 4 rings (SSSR count). The number of fused-ring (bicyclic) bond motifs is 1. The van der Waals surface area contributed by atoms with Gasteiger partial charge < -0.3 is 10.4 Å². The van der Waals surface area contributed by atoms with Crippen LogP contribution in [0.2, 0.25) is 0 Å². The third kappa shape index (κ3) is 4.03. The summed E-state index contributed by atoms with van der Waals surface area (Å²) in [6.45, 7) is 5.25. The maximum absolute atomic E-state index is 12.9. The van der Waals surface area contributed by atoms with Crippen molar-refractivity contribution in [2.45, 2.75) is 75.0 Å². The van der Waals surface area contributed by atoms with Gasteiger partial charge in [-0.3, -0.25) is 4.98 Å². The van der Waals surface area contributed by atoms with E-state index in [1.54, 1.807) is 25.3 Å². The Kier molecular flexibility index (Phi) is 5.50. The monoisotopic (exact) mass is 448 g/mol. The van der Waals surface area contributed by atoms with Crippen LogP contribution in [0.3, 0.4) is 0 Å². The van der Waals surface area contributed by atoms with Crippen LogP contribution < -0.4 is 10.5 Å². The van der Waals surface area contributed by atoms with Gasteiger partial charge in [0, 0.05) is 17.3 Å². The van der Waals surface area contributed by atoms with Crippen LogP contribution in [0.4, 0.5) is 10.5 Å². The van der Waals surface area contributed by atoms with Crippen LogP contribution in [0.1, 0.15) is 73.5 Å². The van der Waals surface area contributed by atoms with Crippen molar-refractivity contribution < 1.29 is 14.1 Å². The smallest absolute Gasteiger partial charge is 0.354 e. The van der Waals surface area contributed by atoms with Gasteiger partial charge in [-0.2, -0.15) is 0 Å². The molecule has 0 radical (unpaired) electrons. The summed E-state index contributed by atoms with van der Waals surface area (Å²) in [5.41, 5.74) is 4.42. The summed E-state index contributed by atoms with van der Waals surface area (Å²) < 4.78 is 17.0. The van der Waals surface area contributed by atoms with E-state index in [4.69, 9.17) is 10.1 Å². The largest absolute Gasteiger partial charge is 0.386 e. The number of aliphatic hydroxyl groups is 1. The fourth-order valence-electron chi connectivity index (χ4n) is 4.04. The number of anilines is 1. The molecule has 0 aromatic carbocycles. The molecule has 2 aromatic heterocycles. The number of urea groups is 1. The van der Waals surface area contributed by atoms with Gasteiger partial charge in [0.05, 0.1) is 11.3 Å². The second kappa shape index (κ2) is 7.71. The van der Waals surface area contributed by atoms with E-state index in [9.17, 15) is 14.1 Å². The molecule has 1 atom stereocenters. The van der Waals surface area contributed by atoms with Gasteiger partial charge in [0.1, 0.15) is 4.21 Å². The number of nitrogens with two attached hydrogens (primary N) is 1. The highest BCUT2D eigenvalue weighted by Crippen LogP contribution is 2.41. The van der Waals surface area contributed by atoms with Gasteiger partial charge in [-0.1, -0.05) is 6.42 Å². The summed E-state index contributed by atoms with van der Waals surface area (Å²) >= 11 is 1.13. The Bertz CT molecular complexity index is 1120. The van der Waals surface area contributed by atoms with Crippen molar-refractivity contribution in [3.8, 4) is 0 Å². The van der Waals surface area contributed by atoms with E-state index in [0.717, 1.165) is 71.6 Å². The molecule has 1 fully saturated rings. The molecule has 1 saturated carbocycles. The lowest BCUT2D eigenvalue weighted by Crippen LogP contribution is -2.20. The van der Waals surface area contributed by atoms with Gasteiger partial charge in [0.25, 0.3) is 0 Å². The minimum Gasteiger partial charge on any atom is -0.386 e. The number of carbonyl (C=O) groups is 1. The molecule has 162 valence electrons.